The maximum absolute atomic E-state index is 12.0. The number of aromatic nitrogens is 2. The Kier molecular flexibility index (Phi) is 4.34. The first-order valence-corrected chi connectivity index (χ1v) is 7.20. The summed E-state index contributed by atoms with van der Waals surface area (Å²) >= 11 is 0. The summed E-state index contributed by atoms with van der Waals surface area (Å²) in [5.74, 6) is 0. The molecule has 6 heteroatoms. The highest BCUT2D eigenvalue weighted by atomic mass is 16.6. The van der Waals surface area contributed by atoms with Crippen LogP contribution < -0.4 is 4.74 Å². The second-order valence-corrected chi connectivity index (χ2v) is 6.39. The van der Waals surface area contributed by atoms with E-state index in [4.69, 9.17) is 9.47 Å². The summed E-state index contributed by atoms with van der Waals surface area (Å²) < 4.78 is 11.1. The molecule has 2 rings (SSSR count). The third-order valence-corrected chi connectivity index (χ3v) is 3.03. The van der Waals surface area contributed by atoms with Crippen molar-refractivity contribution in [2.75, 3.05) is 13.1 Å². The summed E-state index contributed by atoms with van der Waals surface area (Å²) in [7, 11) is 0. The second kappa shape index (κ2) is 5.87. The van der Waals surface area contributed by atoms with Gasteiger partial charge in [-0.2, -0.15) is 0 Å². The van der Waals surface area contributed by atoms with Crippen LogP contribution in [0.3, 0.4) is 0 Å². The van der Waals surface area contributed by atoms with Crippen LogP contribution in [0, 0.1) is 13.8 Å². The lowest BCUT2D eigenvalue weighted by Gasteiger charge is -2.24. The fraction of sp³-hybridized carbons (Fsp3) is 0.667. The van der Waals surface area contributed by atoms with Crippen LogP contribution in [0.4, 0.5) is 4.79 Å². The Morgan fingerprint density at radius 1 is 1.29 bits per heavy atom. The highest BCUT2D eigenvalue weighted by molar-refractivity contribution is 5.68. The predicted molar refractivity (Wildman–Crippen MR) is 78.3 cm³/mol. The number of aryl methyl sites for hydroxylation is 2. The molecule has 0 radical (unpaired) electrons. The molecule has 0 spiro atoms. The molecule has 0 aliphatic carbocycles. The molecule has 1 atom stereocenters. The molecule has 1 aliphatic rings. The van der Waals surface area contributed by atoms with Crippen molar-refractivity contribution in [1.29, 1.82) is 0 Å². The lowest BCUT2D eigenvalue weighted by molar-refractivity contribution is 0.0274. The van der Waals surface area contributed by atoms with Gasteiger partial charge in [0.2, 0.25) is 0 Å². The van der Waals surface area contributed by atoms with Gasteiger partial charge in [-0.3, -0.25) is 0 Å². The number of ether oxygens (including phenoxy) is 2. The van der Waals surface area contributed by atoms with Gasteiger partial charge < -0.3 is 14.4 Å². The zero-order valence-corrected chi connectivity index (χ0v) is 13.3. The Morgan fingerprint density at radius 2 is 1.90 bits per heavy atom. The number of nitrogens with zero attached hydrogens (tertiary/aromatic N) is 3. The number of amides is 1. The van der Waals surface area contributed by atoms with Crippen molar-refractivity contribution in [3.8, 4) is 6.01 Å². The van der Waals surface area contributed by atoms with Crippen molar-refractivity contribution >= 4 is 6.09 Å². The molecule has 0 N–H and O–H groups in total. The number of hydrogen-bond acceptors (Lipinski definition) is 5. The number of carbonyl (C=O) groups is 1. The van der Waals surface area contributed by atoms with Crippen LogP contribution in [0.5, 0.6) is 6.01 Å². The number of carbonyl (C=O) groups excluding carboxylic acids is 1. The van der Waals surface area contributed by atoms with E-state index >= 15 is 0 Å². The lowest BCUT2D eigenvalue weighted by Crippen LogP contribution is -2.36. The largest absolute Gasteiger partial charge is 0.458 e. The molecule has 1 aliphatic heterocycles. The maximum atomic E-state index is 12.0. The van der Waals surface area contributed by atoms with Gasteiger partial charge in [0.15, 0.2) is 0 Å². The summed E-state index contributed by atoms with van der Waals surface area (Å²) in [6.45, 7) is 10.5. The molecule has 0 saturated carbocycles. The van der Waals surface area contributed by atoms with Gasteiger partial charge in [0.25, 0.3) is 0 Å². The molecule has 0 aromatic carbocycles. The molecular formula is C15H23N3O3. The van der Waals surface area contributed by atoms with Crippen LogP contribution in [0.25, 0.3) is 0 Å². The molecule has 1 fully saturated rings. The van der Waals surface area contributed by atoms with E-state index in [1.54, 1.807) is 4.90 Å². The first-order valence-electron chi connectivity index (χ1n) is 7.20. The quantitative estimate of drug-likeness (QED) is 0.838. The van der Waals surface area contributed by atoms with E-state index in [0.717, 1.165) is 17.8 Å². The topological polar surface area (TPSA) is 64.5 Å². The van der Waals surface area contributed by atoms with E-state index in [2.05, 4.69) is 9.97 Å². The number of rotatable bonds is 2. The normalized spacial score (nSPS) is 18.7. The van der Waals surface area contributed by atoms with E-state index in [1.165, 1.54) is 0 Å². The Morgan fingerprint density at radius 3 is 2.48 bits per heavy atom. The minimum Gasteiger partial charge on any atom is -0.458 e. The monoisotopic (exact) mass is 293 g/mol. The zero-order chi connectivity index (χ0) is 15.6. The summed E-state index contributed by atoms with van der Waals surface area (Å²) in [6, 6.07) is 2.28. The molecule has 1 saturated heterocycles. The van der Waals surface area contributed by atoms with Crippen LogP contribution in [0.15, 0.2) is 6.07 Å². The smallest absolute Gasteiger partial charge is 0.410 e. The molecular weight excluding hydrogens is 270 g/mol. The Bertz CT molecular complexity index is 505. The fourth-order valence-electron chi connectivity index (χ4n) is 2.21. The Labute approximate surface area is 125 Å². The van der Waals surface area contributed by atoms with Crippen LogP contribution in [0.1, 0.15) is 38.6 Å². The molecule has 0 unspecified atom stereocenters. The molecule has 0 bridgehead atoms. The van der Waals surface area contributed by atoms with Crippen molar-refractivity contribution in [2.45, 2.75) is 52.7 Å². The van der Waals surface area contributed by atoms with E-state index in [9.17, 15) is 4.79 Å². The van der Waals surface area contributed by atoms with Gasteiger partial charge in [0.05, 0.1) is 6.54 Å². The van der Waals surface area contributed by atoms with Crippen LogP contribution >= 0.6 is 0 Å². The summed E-state index contributed by atoms with van der Waals surface area (Å²) in [5.41, 5.74) is 1.27. The highest BCUT2D eigenvalue weighted by Crippen LogP contribution is 2.18. The minimum absolute atomic E-state index is 0.0845. The summed E-state index contributed by atoms with van der Waals surface area (Å²) in [6.07, 6.45) is 0.379. The number of hydrogen-bond donors (Lipinski definition) is 0. The van der Waals surface area contributed by atoms with E-state index in [1.807, 2.05) is 40.7 Å². The molecule has 6 nitrogen and oxygen atoms in total. The Hall–Kier alpha value is -1.85. The van der Waals surface area contributed by atoms with Gasteiger partial charge in [-0.05, 0) is 40.7 Å². The standard InChI is InChI=1S/C15H23N3O3/c1-10-8-11(2)17-13(16-10)20-12-6-7-18(9-12)14(19)21-15(3,4)5/h8,12H,6-7,9H2,1-5H3/t12-/m0/s1. The van der Waals surface area contributed by atoms with Crippen LogP contribution in [-0.4, -0.2) is 45.8 Å². The van der Waals surface area contributed by atoms with Gasteiger partial charge in [0.1, 0.15) is 11.7 Å². The predicted octanol–water partition coefficient (Wildman–Crippen LogP) is 2.48. The molecule has 116 valence electrons. The van der Waals surface area contributed by atoms with Gasteiger partial charge in [-0.15, -0.1) is 0 Å². The van der Waals surface area contributed by atoms with Crippen molar-refractivity contribution in [3.05, 3.63) is 17.5 Å². The van der Waals surface area contributed by atoms with Crippen LogP contribution in [0.2, 0.25) is 0 Å². The fourth-order valence-corrected chi connectivity index (χ4v) is 2.21. The Balaban J connectivity index is 1.92. The average Bonchev–Trinajstić information content (AvgIpc) is 2.73. The number of likely N-dealkylation sites (tertiary alicyclic amines) is 1. The van der Waals surface area contributed by atoms with E-state index < -0.39 is 5.60 Å². The van der Waals surface area contributed by atoms with Crippen molar-refractivity contribution < 1.29 is 14.3 Å². The molecule has 1 aromatic heterocycles. The van der Waals surface area contributed by atoms with Crippen LogP contribution in [-0.2, 0) is 4.74 Å². The highest BCUT2D eigenvalue weighted by Gasteiger charge is 2.31. The molecule has 2 heterocycles. The average molecular weight is 293 g/mol. The first-order chi connectivity index (χ1) is 9.73. The molecule has 1 aromatic rings. The SMILES string of the molecule is Cc1cc(C)nc(O[C@H]2CCN(C(=O)OC(C)(C)C)C2)n1. The van der Waals surface area contributed by atoms with Crippen molar-refractivity contribution in [1.82, 2.24) is 14.9 Å². The van der Waals surface area contributed by atoms with E-state index in [0.29, 0.717) is 19.1 Å². The first kappa shape index (κ1) is 15.5. The summed E-state index contributed by atoms with van der Waals surface area (Å²) in [4.78, 5) is 22.2. The van der Waals surface area contributed by atoms with Gasteiger partial charge in [0, 0.05) is 24.4 Å². The third kappa shape index (κ3) is 4.58. The lowest BCUT2D eigenvalue weighted by atomic mass is 10.2. The molecule has 21 heavy (non-hydrogen) atoms. The minimum atomic E-state index is -0.479. The van der Waals surface area contributed by atoms with Gasteiger partial charge in [-0.1, -0.05) is 0 Å². The van der Waals surface area contributed by atoms with Gasteiger partial charge >= 0.3 is 12.1 Å². The van der Waals surface area contributed by atoms with Gasteiger partial charge in [-0.25, -0.2) is 14.8 Å². The second-order valence-electron chi connectivity index (χ2n) is 6.39. The summed E-state index contributed by atoms with van der Waals surface area (Å²) in [5, 5.41) is 0. The maximum Gasteiger partial charge on any atom is 0.410 e. The molecule has 1 amide bonds. The van der Waals surface area contributed by atoms with E-state index in [-0.39, 0.29) is 12.2 Å². The van der Waals surface area contributed by atoms with Crippen molar-refractivity contribution in [2.24, 2.45) is 0 Å². The zero-order valence-electron chi connectivity index (χ0n) is 13.3. The third-order valence-electron chi connectivity index (χ3n) is 3.03. The van der Waals surface area contributed by atoms with Crippen molar-refractivity contribution in [3.63, 3.8) is 0 Å².